The van der Waals surface area contributed by atoms with Crippen LogP contribution >= 0.6 is 0 Å². The summed E-state index contributed by atoms with van der Waals surface area (Å²) >= 11 is 0. The molecule has 0 aliphatic rings. The molecule has 12 heteroatoms. The smallest absolute Gasteiger partial charge is 0.324 e. The third-order valence-electron chi connectivity index (χ3n) is 6.27. The van der Waals surface area contributed by atoms with Crippen LogP contribution in [0.15, 0.2) is 85.2 Å². The van der Waals surface area contributed by atoms with Crippen molar-refractivity contribution in [3.8, 4) is 5.75 Å². The molecule has 0 heterocycles. The largest absolute Gasteiger partial charge is 0.508 e. The van der Waals surface area contributed by atoms with Gasteiger partial charge in [0, 0.05) is 38.8 Å². The molecule has 3 N–H and O–H groups in total. The van der Waals surface area contributed by atoms with Gasteiger partial charge in [0.25, 0.3) is 0 Å². The van der Waals surface area contributed by atoms with Crippen molar-refractivity contribution < 1.29 is 33.0 Å². The number of nitrogens with one attached hydrogen (secondary N) is 2. The van der Waals surface area contributed by atoms with Gasteiger partial charge in [0.2, 0.25) is 12.3 Å². The van der Waals surface area contributed by atoms with Crippen LogP contribution < -0.4 is 10.7 Å². The molecule has 0 bridgehead atoms. The summed E-state index contributed by atoms with van der Waals surface area (Å²) in [5, 5.41) is 13.7. The van der Waals surface area contributed by atoms with Crippen molar-refractivity contribution >= 4 is 18.3 Å². The fourth-order valence-electron chi connectivity index (χ4n) is 3.65. The van der Waals surface area contributed by atoms with Gasteiger partial charge in [-0.25, -0.2) is 18.6 Å². The first-order chi connectivity index (χ1) is 21.9. The van der Waals surface area contributed by atoms with E-state index in [9.17, 15) is 28.3 Å². The van der Waals surface area contributed by atoms with Gasteiger partial charge in [-0.1, -0.05) is 57.3 Å². The molecule has 2 rings (SSSR count). The van der Waals surface area contributed by atoms with Crippen LogP contribution in [-0.2, 0) is 27.3 Å². The van der Waals surface area contributed by atoms with Gasteiger partial charge in [-0.2, -0.15) is 0 Å². The molecule has 0 aliphatic carbocycles. The Morgan fingerprint density at radius 2 is 1.61 bits per heavy atom. The lowest BCUT2D eigenvalue weighted by atomic mass is 10.1. The van der Waals surface area contributed by atoms with E-state index in [1.165, 1.54) is 28.0 Å². The fraction of sp³-hybridized carbons (Fsp3) is 0.382. The number of allylic oxidation sites excluding steroid dienone is 2. The van der Waals surface area contributed by atoms with Crippen molar-refractivity contribution in [3.63, 3.8) is 0 Å². The van der Waals surface area contributed by atoms with E-state index < -0.39 is 17.9 Å². The predicted octanol–water partition coefficient (Wildman–Crippen LogP) is 4.98. The van der Waals surface area contributed by atoms with Crippen LogP contribution in [0.5, 0.6) is 5.75 Å². The topological polar surface area (TPSA) is 114 Å². The number of amides is 4. The zero-order valence-corrected chi connectivity index (χ0v) is 27.8. The van der Waals surface area contributed by atoms with Gasteiger partial charge in [-0.05, 0) is 61.9 Å². The summed E-state index contributed by atoms with van der Waals surface area (Å²) in [6, 6.07) is 11.5. The van der Waals surface area contributed by atoms with Gasteiger partial charge in [0.05, 0.1) is 19.8 Å². The second kappa shape index (κ2) is 23.9. The number of rotatable bonds is 16. The minimum atomic E-state index is -0.518. The number of phenolic OH excluding ortho intramolecular Hbond substituents is 1. The normalized spacial score (nSPS) is 11.4. The quantitative estimate of drug-likeness (QED) is 0.102. The van der Waals surface area contributed by atoms with Crippen molar-refractivity contribution in [1.82, 2.24) is 25.6 Å². The second-order valence-corrected chi connectivity index (χ2v) is 9.77. The maximum absolute atomic E-state index is 13.0. The number of phenols is 1. The van der Waals surface area contributed by atoms with Gasteiger partial charge in [0.1, 0.15) is 17.4 Å². The number of imide groups is 1. The van der Waals surface area contributed by atoms with E-state index in [0.29, 0.717) is 31.6 Å². The molecule has 0 aliphatic heterocycles. The second-order valence-electron chi connectivity index (χ2n) is 9.77. The number of hydrazine groups is 1. The molecule has 1 atom stereocenters. The van der Waals surface area contributed by atoms with Gasteiger partial charge in [-0.15, -0.1) is 0 Å². The summed E-state index contributed by atoms with van der Waals surface area (Å²) < 4.78 is 31.2. The molecule has 0 saturated carbocycles. The number of benzene rings is 2. The number of carbonyl (C=O) groups is 3. The summed E-state index contributed by atoms with van der Waals surface area (Å²) in [4.78, 5) is 38.5. The van der Waals surface area contributed by atoms with Gasteiger partial charge in [0.15, 0.2) is 0 Å². The van der Waals surface area contributed by atoms with E-state index in [-0.39, 0.29) is 37.2 Å². The lowest BCUT2D eigenvalue weighted by Gasteiger charge is -2.29. The summed E-state index contributed by atoms with van der Waals surface area (Å²) in [6.45, 7) is 13.7. The molecule has 46 heavy (non-hydrogen) atoms. The van der Waals surface area contributed by atoms with Gasteiger partial charge < -0.3 is 20.1 Å². The van der Waals surface area contributed by atoms with Crippen LogP contribution in [0.25, 0.3) is 0 Å². The molecule has 0 radical (unpaired) electrons. The Morgan fingerprint density at radius 3 is 2.13 bits per heavy atom. The molecular formula is C34H49F2N5O5. The number of halogens is 2. The Morgan fingerprint density at radius 1 is 1.02 bits per heavy atom. The predicted molar refractivity (Wildman–Crippen MR) is 178 cm³/mol. The third kappa shape index (κ3) is 16.6. The summed E-state index contributed by atoms with van der Waals surface area (Å²) in [6.07, 6.45) is 3.65. The lowest BCUT2D eigenvalue weighted by molar-refractivity contribution is -0.131. The number of aromatic hydroxyl groups is 1. The number of likely N-dealkylation sites (N-methyl/N-ethyl adjacent to an activating group) is 2. The molecule has 2 aromatic rings. The molecular weight excluding hydrogens is 596 g/mol. The number of hydrogen-bond donors (Lipinski definition) is 3. The van der Waals surface area contributed by atoms with E-state index in [4.69, 9.17) is 4.74 Å². The lowest BCUT2D eigenvalue weighted by Crippen LogP contribution is -2.53. The molecule has 0 aromatic heterocycles. The highest BCUT2D eigenvalue weighted by atomic mass is 19.1. The van der Waals surface area contributed by atoms with E-state index >= 15 is 0 Å². The number of nitrogens with zero attached hydrogens (tertiary/aromatic N) is 3. The standard InChI is InChI=1S/C21H27FN4O3.C11H16FNO2.C2H6/c1-15(12-16-6-10-19(27)11-7-16)26(20(28)14-25(3)23-2)21(29)24-13-17-4-8-18(22)9-5-17;1-4-10(11(12)5-2)8-15-7-6-13(3)9-14;1-2/h4-11,15,23,27H,12-14H2,1-3H3,(H,24,29);4-5,9H,1-2,6-8H2,3H3;1-2H3/b;11-10-;. The third-order valence-corrected chi connectivity index (χ3v) is 6.27. The summed E-state index contributed by atoms with van der Waals surface area (Å²) in [5.74, 6) is -0.991. The minimum Gasteiger partial charge on any atom is -0.508 e. The molecule has 0 fully saturated rings. The van der Waals surface area contributed by atoms with Gasteiger partial charge in [-0.3, -0.25) is 19.9 Å². The Hall–Kier alpha value is -4.39. The van der Waals surface area contributed by atoms with E-state index in [0.717, 1.165) is 17.2 Å². The van der Waals surface area contributed by atoms with E-state index in [2.05, 4.69) is 23.9 Å². The van der Waals surface area contributed by atoms with Crippen molar-refractivity contribution in [2.45, 2.75) is 39.8 Å². The average Bonchev–Trinajstić information content (AvgIpc) is 3.06. The Kier molecular flexibility index (Phi) is 21.6. The van der Waals surface area contributed by atoms with Crippen LogP contribution in [0.2, 0.25) is 0 Å². The minimum absolute atomic E-state index is 0.0143. The Labute approximate surface area is 272 Å². The maximum atomic E-state index is 13.0. The highest BCUT2D eigenvalue weighted by Crippen LogP contribution is 2.15. The van der Waals surface area contributed by atoms with Crippen LogP contribution in [-0.4, -0.2) is 91.8 Å². The summed E-state index contributed by atoms with van der Waals surface area (Å²) in [7, 11) is 5.04. The SMILES string of the molecule is C=C/C(F)=C(\C=C)COCCN(C)C=O.CC.CNN(C)CC(=O)N(C(=O)NCc1ccc(F)cc1)C(C)Cc1ccc(O)cc1. The Bertz CT molecular complexity index is 1240. The van der Waals surface area contributed by atoms with Gasteiger partial charge >= 0.3 is 6.03 Å². The number of hydrogen-bond acceptors (Lipinski definition) is 7. The molecule has 4 amide bonds. The van der Waals surface area contributed by atoms with Crippen molar-refractivity contribution in [1.29, 1.82) is 0 Å². The molecule has 0 saturated heterocycles. The molecule has 2 aromatic carbocycles. The number of ether oxygens (including phenoxy) is 1. The van der Waals surface area contributed by atoms with Crippen LogP contribution in [0, 0.1) is 5.82 Å². The summed E-state index contributed by atoms with van der Waals surface area (Å²) in [5.41, 5.74) is 4.82. The first-order valence-electron chi connectivity index (χ1n) is 14.8. The first-order valence-corrected chi connectivity index (χ1v) is 14.8. The molecule has 1 unspecified atom stereocenters. The average molecular weight is 646 g/mol. The maximum Gasteiger partial charge on any atom is 0.324 e. The number of urea groups is 1. The van der Waals surface area contributed by atoms with E-state index in [1.54, 1.807) is 69.5 Å². The van der Waals surface area contributed by atoms with Crippen molar-refractivity contribution in [3.05, 3.63) is 102 Å². The van der Waals surface area contributed by atoms with Crippen LogP contribution in [0.3, 0.4) is 0 Å². The zero-order valence-electron chi connectivity index (χ0n) is 27.8. The molecule has 254 valence electrons. The van der Waals surface area contributed by atoms with Crippen LogP contribution in [0.4, 0.5) is 13.6 Å². The monoisotopic (exact) mass is 645 g/mol. The van der Waals surface area contributed by atoms with Crippen molar-refractivity contribution in [2.75, 3.05) is 47.4 Å². The van der Waals surface area contributed by atoms with Crippen molar-refractivity contribution in [2.24, 2.45) is 0 Å². The molecule has 10 nitrogen and oxygen atoms in total. The van der Waals surface area contributed by atoms with Crippen LogP contribution in [0.1, 0.15) is 31.9 Å². The molecule has 0 spiro atoms. The first kappa shape index (κ1) is 41.6. The van der Waals surface area contributed by atoms with E-state index in [1.807, 2.05) is 13.8 Å². The highest BCUT2D eigenvalue weighted by molar-refractivity contribution is 5.95. The Balaban J connectivity index is 0.00000101. The highest BCUT2D eigenvalue weighted by Gasteiger charge is 2.27. The number of carbonyl (C=O) groups excluding carboxylic acids is 3. The zero-order chi connectivity index (χ0) is 35.1. The fourth-order valence-corrected chi connectivity index (χ4v) is 3.65.